The maximum Gasteiger partial charge on any atom is 0.252 e. The van der Waals surface area contributed by atoms with Crippen LogP contribution >= 0.6 is 0 Å². The van der Waals surface area contributed by atoms with Crippen molar-refractivity contribution in [1.29, 1.82) is 0 Å². The number of carbonyl (C=O) groups is 3. The number of amides is 2. The van der Waals surface area contributed by atoms with E-state index in [0.29, 0.717) is 54.1 Å². The largest absolute Gasteiger partial charge is 0.493 e. The van der Waals surface area contributed by atoms with Gasteiger partial charge in [0.2, 0.25) is 5.91 Å². The lowest BCUT2D eigenvalue weighted by atomic mass is 9.77. The standard InChI is InChI=1S/C28H38N2O8/c1-3-4-5-6-10-30(28(35)21-8-7-12-37-21)20-15-19(27(34)29-9-11-31)23-18-13-17(16-32)14-22(36-2)25(18)38-26(23)24(20)33/h13-16,20-21,23-24,26,31,33H,3-12H2,1-2H3,(H,29,34). The van der Waals surface area contributed by atoms with Crippen LogP contribution in [0.15, 0.2) is 23.8 Å². The van der Waals surface area contributed by atoms with Crippen LogP contribution in [-0.2, 0) is 14.3 Å². The Labute approximate surface area is 222 Å². The molecule has 0 aromatic heterocycles. The number of aliphatic hydroxyl groups excluding tert-OH is 2. The molecule has 1 fully saturated rings. The molecule has 0 radical (unpaired) electrons. The van der Waals surface area contributed by atoms with Crippen molar-refractivity contribution >= 4 is 18.1 Å². The third kappa shape index (κ3) is 5.57. The fourth-order valence-electron chi connectivity index (χ4n) is 5.63. The molecule has 208 valence electrons. The average molecular weight is 531 g/mol. The Morgan fingerprint density at radius 1 is 1.26 bits per heavy atom. The van der Waals surface area contributed by atoms with Crippen molar-refractivity contribution in [3.8, 4) is 11.5 Å². The lowest BCUT2D eigenvalue weighted by Crippen LogP contribution is -2.57. The lowest BCUT2D eigenvalue weighted by molar-refractivity contribution is -0.146. The molecule has 1 saturated heterocycles. The maximum atomic E-state index is 13.6. The van der Waals surface area contributed by atoms with Gasteiger partial charge in [0.1, 0.15) is 24.6 Å². The Balaban J connectivity index is 1.75. The zero-order valence-electron chi connectivity index (χ0n) is 22.1. The molecule has 0 bridgehead atoms. The van der Waals surface area contributed by atoms with Crippen LogP contribution in [0.2, 0.25) is 0 Å². The highest BCUT2D eigenvalue weighted by Gasteiger charge is 2.52. The van der Waals surface area contributed by atoms with E-state index in [1.165, 1.54) is 7.11 Å². The predicted octanol–water partition coefficient (Wildman–Crippen LogP) is 1.72. The molecule has 1 aliphatic carbocycles. The van der Waals surface area contributed by atoms with Gasteiger partial charge in [-0.2, -0.15) is 0 Å². The Morgan fingerprint density at radius 2 is 2.08 bits per heavy atom. The summed E-state index contributed by atoms with van der Waals surface area (Å²) < 4.78 is 17.4. The number of aldehydes is 1. The van der Waals surface area contributed by atoms with Gasteiger partial charge in [0.25, 0.3) is 5.91 Å². The minimum absolute atomic E-state index is 0.0434. The molecule has 0 saturated carbocycles. The van der Waals surface area contributed by atoms with Crippen molar-refractivity contribution < 1.29 is 38.8 Å². The Hall–Kier alpha value is -2.95. The van der Waals surface area contributed by atoms with Gasteiger partial charge >= 0.3 is 0 Å². The molecular formula is C28H38N2O8. The second-order valence-electron chi connectivity index (χ2n) is 10.00. The molecule has 1 aromatic carbocycles. The molecule has 3 aliphatic rings. The quantitative estimate of drug-likeness (QED) is 0.275. The highest BCUT2D eigenvalue weighted by Crippen LogP contribution is 2.51. The molecule has 0 spiro atoms. The van der Waals surface area contributed by atoms with E-state index in [1.807, 2.05) is 0 Å². The third-order valence-corrected chi connectivity index (χ3v) is 7.51. The number of rotatable bonds is 12. The summed E-state index contributed by atoms with van der Waals surface area (Å²) in [5.41, 5.74) is 1.21. The second-order valence-corrected chi connectivity index (χ2v) is 10.00. The zero-order chi connectivity index (χ0) is 27.2. The van der Waals surface area contributed by atoms with Crippen LogP contribution in [0.5, 0.6) is 11.5 Å². The van der Waals surface area contributed by atoms with Crippen LogP contribution in [0, 0.1) is 0 Å². The molecular weight excluding hydrogens is 492 g/mol. The number of aliphatic hydroxyl groups is 2. The number of benzene rings is 1. The number of fused-ring (bicyclic) bond motifs is 3. The Morgan fingerprint density at radius 3 is 2.74 bits per heavy atom. The smallest absolute Gasteiger partial charge is 0.252 e. The minimum atomic E-state index is -1.15. The predicted molar refractivity (Wildman–Crippen MR) is 138 cm³/mol. The summed E-state index contributed by atoms with van der Waals surface area (Å²) in [5, 5.41) is 23.6. The van der Waals surface area contributed by atoms with E-state index >= 15 is 0 Å². The summed E-state index contributed by atoms with van der Waals surface area (Å²) in [6, 6.07) is 2.36. The molecule has 3 N–H and O–H groups in total. The molecule has 38 heavy (non-hydrogen) atoms. The van der Waals surface area contributed by atoms with E-state index in [2.05, 4.69) is 12.2 Å². The number of methoxy groups -OCH3 is 1. The van der Waals surface area contributed by atoms with E-state index in [1.54, 1.807) is 23.1 Å². The molecule has 4 rings (SSSR count). The van der Waals surface area contributed by atoms with E-state index in [-0.39, 0.29) is 19.1 Å². The van der Waals surface area contributed by atoms with E-state index in [4.69, 9.17) is 14.2 Å². The van der Waals surface area contributed by atoms with Gasteiger partial charge in [0.05, 0.1) is 25.7 Å². The number of carbonyl (C=O) groups excluding carboxylic acids is 3. The van der Waals surface area contributed by atoms with Crippen molar-refractivity contribution in [3.05, 3.63) is 34.9 Å². The molecule has 2 aliphatic heterocycles. The zero-order valence-corrected chi connectivity index (χ0v) is 22.1. The van der Waals surface area contributed by atoms with Gasteiger partial charge in [-0.25, -0.2) is 0 Å². The van der Waals surface area contributed by atoms with Gasteiger partial charge in [-0.15, -0.1) is 0 Å². The van der Waals surface area contributed by atoms with E-state index < -0.39 is 36.2 Å². The number of unbranched alkanes of at least 4 members (excludes halogenated alkanes) is 3. The number of hydrogen-bond donors (Lipinski definition) is 3. The Bertz CT molecular complexity index is 1050. The summed E-state index contributed by atoms with van der Waals surface area (Å²) in [7, 11) is 1.46. The van der Waals surface area contributed by atoms with Crippen molar-refractivity contribution in [2.45, 2.75) is 75.7 Å². The van der Waals surface area contributed by atoms with Crippen LogP contribution in [-0.4, -0.2) is 91.0 Å². The number of hydrogen-bond acceptors (Lipinski definition) is 8. The monoisotopic (exact) mass is 530 g/mol. The topological polar surface area (TPSA) is 135 Å². The molecule has 10 heteroatoms. The number of nitrogens with one attached hydrogen (secondary N) is 1. The summed E-state index contributed by atoms with van der Waals surface area (Å²) in [4.78, 5) is 40.2. The fraction of sp³-hybridized carbons (Fsp3) is 0.607. The first-order valence-electron chi connectivity index (χ1n) is 13.5. The Kier molecular flexibility index (Phi) is 9.40. The van der Waals surface area contributed by atoms with Gasteiger partial charge in [0.15, 0.2) is 11.5 Å². The molecule has 1 aromatic rings. The molecule has 2 heterocycles. The third-order valence-electron chi connectivity index (χ3n) is 7.51. The van der Waals surface area contributed by atoms with Gasteiger partial charge in [-0.1, -0.05) is 26.2 Å². The van der Waals surface area contributed by atoms with Crippen LogP contribution in [0.3, 0.4) is 0 Å². The fourth-order valence-corrected chi connectivity index (χ4v) is 5.63. The van der Waals surface area contributed by atoms with Gasteiger partial charge in [-0.05, 0) is 37.5 Å². The van der Waals surface area contributed by atoms with Crippen LogP contribution in [0.25, 0.3) is 0 Å². The summed E-state index contributed by atoms with van der Waals surface area (Å²) in [5.74, 6) is -0.653. The van der Waals surface area contributed by atoms with Crippen LogP contribution in [0.1, 0.15) is 67.3 Å². The van der Waals surface area contributed by atoms with Gasteiger partial charge in [0, 0.05) is 36.4 Å². The summed E-state index contributed by atoms with van der Waals surface area (Å²) in [6.45, 7) is 2.84. The first-order chi connectivity index (χ1) is 18.4. The van der Waals surface area contributed by atoms with Crippen molar-refractivity contribution in [2.24, 2.45) is 0 Å². The maximum absolute atomic E-state index is 13.6. The average Bonchev–Trinajstić information content (AvgIpc) is 3.61. The highest BCUT2D eigenvalue weighted by atomic mass is 16.5. The van der Waals surface area contributed by atoms with Gasteiger partial charge in [-0.3, -0.25) is 14.4 Å². The molecule has 2 amide bonds. The van der Waals surface area contributed by atoms with Crippen LogP contribution < -0.4 is 14.8 Å². The number of nitrogens with zero attached hydrogens (tertiary/aromatic N) is 1. The highest BCUT2D eigenvalue weighted by molar-refractivity contribution is 5.96. The van der Waals surface area contributed by atoms with Crippen molar-refractivity contribution in [2.75, 3.05) is 33.4 Å². The second kappa shape index (κ2) is 12.7. The summed E-state index contributed by atoms with van der Waals surface area (Å²) in [6.07, 6.45) is 4.87. The molecule has 5 atom stereocenters. The number of ether oxygens (including phenoxy) is 3. The molecule has 5 unspecified atom stereocenters. The van der Waals surface area contributed by atoms with Crippen LogP contribution in [0.4, 0.5) is 0 Å². The SMILES string of the molecule is CCCCCCN(C(=O)C1CCCO1)C1C=C(C(=O)NCCO)C2c3cc(C=O)cc(OC)c3OC2C1O. The van der Waals surface area contributed by atoms with E-state index in [0.717, 1.165) is 32.1 Å². The first-order valence-corrected chi connectivity index (χ1v) is 13.5. The normalized spacial score (nSPS) is 25.6. The van der Waals surface area contributed by atoms with E-state index in [9.17, 15) is 24.6 Å². The molecule has 10 nitrogen and oxygen atoms in total. The minimum Gasteiger partial charge on any atom is -0.493 e. The van der Waals surface area contributed by atoms with Crippen molar-refractivity contribution in [1.82, 2.24) is 10.2 Å². The lowest BCUT2D eigenvalue weighted by Gasteiger charge is -2.41. The summed E-state index contributed by atoms with van der Waals surface area (Å²) >= 11 is 0. The first kappa shape index (κ1) is 28.1. The van der Waals surface area contributed by atoms with Crippen molar-refractivity contribution in [3.63, 3.8) is 0 Å². The van der Waals surface area contributed by atoms with Gasteiger partial charge < -0.3 is 34.6 Å².